The standard InChI is InChI=1S/C26H23ClO8/c1-13-10-15(27)6-9-19(13)33-14(2)25(28)34-16-7-8-17-20(11-16)35-26(29)18-12-21(30-3)23(31-4)24(32-5)22(17)18/h6-12,14H,1-5H3. The van der Waals surface area contributed by atoms with Crippen molar-refractivity contribution >= 4 is 39.3 Å². The second-order valence-corrected chi connectivity index (χ2v) is 8.14. The minimum absolute atomic E-state index is 0.188. The minimum atomic E-state index is -0.897. The van der Waals surface area contributed by atoms with Crippen molar-refractivity contribution < 1.29 is 32.9 Å². The number of aryl methyl sites for hydroxylation is 1. The summed E-state index contributed by atoms with van der Waals surface area (Å²) in [6, 6.07) is 11.4. The number of halogens is 1. The lowest BCUT2D eigenvalue weighted by Gasteiger charge is -2.16. The van der Waals surface area contributed by atoms with Crippen molar-refractivity contribution in [3.8, 4) is 28.7 Å². The van der Waals surface area contributed by atoms with Crippen LogP contribution < -0.4 is 29.3 Å². The summed E-state index contributed by atoms with van der Waals surface area (Å²) in [5.74, 6) is 1.09. The predicted molar refractivity (Wildman–Crippen MR) is 132 cm³/mol. The first-order valence-corrected chi connectivity index (χ1v) is 11.0. The molecule has 0 saturated carbocycles. The average Bonchev–Trinajstić information content (AvgIpc) is 2.84. The molecule has 0 N–H and O–H groups in total. The molecule has 3 aromatic carbocycles. The minimum Gasteiger partial charge on any atom is -0.493 e. The smallest absolute Gasteiger partial charge is 0.352 e. The van der Waals surface area contributed by atoms with E-state index in [9.17, 15) is 9.59 Å². The van der Waals surface area contributed by atoms with Crippen molar-refractivity contribution in [2.75, 3.05) is 21.3 Å². The summed E-state index contributed by atoms with van der Waals surface area (Å²) >= 11 is 5.97. The number of ether oxygens (including phenoxy) is 5. The van der Waals surface area contributed by atoms with Crippen molar-refractivity contribution in [2.45, 2.75) is 20.0 Å². The van der Waals surface area contributed by atoms with Gasteiger partial charge in [-0.25, -0.2) is 9.59 Å². The van der Waals surface area contributed by atoms with Crippen LogP contribution in [0.1, 0.15) is 12.5 Å². The topological polar surface area (TPSA) is 93.4 Å². The van der Waals surface area contributed by atoms with Crippen molar-refractivity contribution in [1.29, 1.82) is 0 Å². The third kappa shape index (κ3) is 4.57. The molecule has 1 atom stereocenters. The molecule has 0 saturated heterocycles. The van der Waals surface area contributed by atoms with Gasteiger partial charge in [-0.05, 0) is 55.8 Å². The molecule has 35 heavy (non-hydrogen) atoms. The van der Waals surface area contributed by atoms with Crippen LogP contribution in [-0.2, 0) is 4.79 Å². The maximum atomic E-state index is 12.8. The number of carbonyl (C=O) groups excluding carboxylic acids is 1. The first kappa shape index (κ1) is 24.2. The van der Waals surface area contributed by atoms with Gasteiger partial charge in [0.15, 0.2) is 17.6 Å². The lowest BCUT2D eigenvalue weighted by atomic mass is 10.0. The molecule has 0 aliphatic carbocycles. The van der Waals surface area contributed by atoms with E-state index in [0.717, 1.165) is 5.56 Å². The molecule has 0 radical (unpaired) electrons. The molecular formula is C26H23ClO8. The lowest BCUT2D eigenvalue weighted by molar-refractivity contribution is -0.141. The first-order chi connectivity index (χ1) is 16.8. The van der Waals surface area contributed by atoms with Crippen molar-refractivity contribution in [3.05, 3.63) is 63.5 Å². The normalized spacial score (nSPS) is 11.8. The Morgan fingerprint density at radius 1 is 0.914 bits per heavy atom. The highest BCUT2D eigenvalue weighted by Gasteiger charge is 2.22. The maximum Gasteiger partial charge on any atom is 0.352 e. The van der Waals surface area contributed by atoms with E-state index in [2.05, 4.69) is 0 Å². The number of methoxy groups -OCH3 is 3. The van der Waals surface area contributed by atoms with Gasteiger partial charge in [0.1, 0.15) is 17.1 Å². The van der Waals surface area contributed by atoms with Gasteiger partial charge in [0.05, 0.1) is 26.7 Å². The Morgan fingerprint density at radius 3 is 2.31 bits per heavy atom. The maximum absolute atomic E-state index is 12.8. The zero-order valence-corrected chi connectivity index (χ0v) is 20.5. The number of rotatable bonds is 7. The highest BCUT2D eigenvalue weighted by Crippen LogP contribution is 2.45. The fourth-order valence-electron chi connectivity index (χ4n) is 3.78. The van der Waals surface area contributed by atoms with E-state index in [0.29, 0.717) is 38.8 Å². The summed E-state index contributed by atoms with van der Waals surface area (Å²) in [4.78, 5) is 25.4. The van der Waals surface area contributed by atoms with Crippen LogP contribution in [0.4, 0.5) is 0 Å². The second kappa shape index (κ2) is 9.76. The molecule has 4 aromatic rings. The van der Waals surface area contributed by atoms with E-state index < -0.39 is 17.7 Å². The number of esters is 1. The van der Waals surface area contributed by atoms with E-state index in [1.807, 2.05) is 6.92 Å². The molecule has 4 rings (SSSR count). The summed E-state index contributed by atoms with van der Waals surface area (Å²) in [6.07, 6.45) is -0.897. The van der Waals surface area contributed by atoms with Crippen molar-refractivity contribution in [3.63, 3.8) is 0 Å². The molecule has 0 fully saturated rings. The summed E-state index contributed by atoms with van der Waals surface area (Å²) in [6.45, 7) is 3.41. The second-order valence-electron chi connectivity index (χ2n) is 7.71. The van der Waals surface area contributed by atoms with Crippen LogP contribution in [0.5, 0.6) is 28.7 Å². The Balaban J connectivity index is 1.69. The van der Waals surface area contributed by atoms with Gasteiger partial charge in [-0.2, -0.15) is 0 Å². The monoisotopic (exact) mass is 498 g/mol. The zero-order chi connectivity index (χ0) is 25.3. The molecule has 0 amide bonds. The van der Waals surface area contributed by atoms with E-state index in [1.54, 1.807) is 37.3 Å². The van der Waals surface area contributed by atoms with Crippen LogP contribution in [0.25, 0.3) is 21.7 Å². The van der Waals surface area contributed by atoms with Crippen LogP contribution in [-0.4, -0.2) is 33.4 Å². The molecule has 8 nitrogen and oxygen atoms in total. The van der Waals surface area contributed by atoms with Gasteiger partial charge >= 0.3 is 11.6 Å². The van der Waals surface area contributed by atoms with Crippen molar-refractivity contribution in [2.24, 2.45) is 0 Å². The van der Waals surface area contributed by atoms with E-state index in [4.69, 9.17) is 39.7 Å². The summed E-state index contributed by atoms with van der Waals surface area (Å²) in [5, 5.41) is 1.89. The molecule has 1 unspecified atom stereocenters. The SMILES string of the molecule is COc1cc2c(=O)oc3cc(OC(=O)C(C)Oc4ccc(Cl)cc4C)ccc3c2c(OC)c1OC. The van der Waals surface area contributed by atoms with Gasteiger partial charge in [-0.15, -0.1) is 0 Å². The largest absolute Gasteiger partial charge is 0.493 e. The number of hydrogen-bond acceptors (Lipinski definition) is 8. The van der Waals surface area contributed by atoms with E-state index >= 15 is 0 Å². The van der Waals surface area contributed by atoms with Gasteiger partial charge < -0.3 is 28.1 Å². The van der Waals surface area contributed by atoms with Gasteiger partial charge in [0.2, 0.25) is 5.75 Å². The Hall–Kier alpha value is -3.91. The number of benzene rings is 3. The molecule has 1 aromatic heterocycles. The van der Waals surface area contributed by atoms with Gasteiger partial charge in [-0.1, -0.05) is 11.6 Å². The zero-order valence-electron chi connectivity index (χ0n) is 19.8. The van der Waals surface area contributed by atoms with Crippen LogP contribution in [0, 0.1) is 6.92 Å². The number of hydrogen-bond donors (Lipinski definition) is 0. The molecule has 0 aliphatic heterocycles. The summed E-state index contributed by atoms with van der Waals surface area (Å²) in [5.41, 5.74) is 0.392. The predicted octanol–water partition coefficient (Wildman–Crippen LogP) is 5.31. The van der Waals surface area contributed by atoms with Gasteiger partial charge in [-0.3, -0.25) is 0 Å². The third-order valence-corrected chi connectivity index (χ3v) is 5.70. The quantitative estimate of drug-likeness (QED) is 0.146. The summed E-state index contributed by atoms with van der Waals surface area (Å²) < 4.78 is 33.1. The molecule has 0 bridgehead atoms. The van der Waals surface area contributed by atoms with Crippen LogP contribution in [0.2, 0.25) is 5.02 Å². The van der Waals surface area contributed by atoms with E-state index in [1.165, 1.54) is 33.5 Å². The Bertz CT molecular complexity index is 1490. The fraction of sp³-hybridized carbons (Fsp3) is 0.231. The highest BCUT2D eigenvalue weighted by atomic mass is 35.5. The summed E-state index contributed by atoms with van der Waals surface area (Å²) in [7, 11) is 4.41. The van der Waals surface area contributed by atoms with Gasteiger partial charge in [0, 0.05) is 21.9 Å². The molecule has 0 aliphatic rings. The fourth-order valence-corrected chi connectivity index (χ4v) is 4.01. The third-order valence-electron chi connectivity index (χ3n) is 5.47. The molecule has 182 valence electrons. The van der Waals surface area contributed by atoms with Crippen LogP contribution in [0.3, 0.4) is 0 Å². The molecular weight excluding hydrogens is 476 g/mol. The molecule has 0 spiro atoms. The Kier molecular flexibility index (Phi) is 6.75. The average molecular weight is 499 g/mol. The van der Waals surface area contributed by atoms with Crippen molar-refractivity contribution in [1.82, 2.24) is 0 Å². The van der Waals surface area contributed by atoms with Crippen LogP contribution in [0.15, 0.2) is 51.7 Å². The number of fused-ring (bicyclic) bond motifs is 3. The molecule has 9 heteroatoms. The van der Waals surface area contributed by atoms with Gasteiger partial charge in [0.25, 0.3) is 0 Å². The van der Waals surface area contributed by atoms with Crippen LogP contribution >= 0.6 is 11.6 Å². The van der Waals surface area contributed by atoms with E-state index in [-0.39, 0.29) is 16.7 Å². The Morgan fingerprint density at radius 2 is 1.66 bits per heavy atom. The molecule has 1 heterocycles. The number of carbonyl (C=O) groups is 1. The Labute approximate surface area is 205 Å². The lowest BCUT2D eigenvalue weighted by Crippen LogP contribution is -2.28. The highest BCUT2D eigenvalue weighted by molar-refractivity contribution is 6.30. The first-order valence-electron chi connectivity index (χ1n) is 10.6.